The Balaban J connectivity index is 1.75. The molecule has 1 heterocycles. The largest absolute Gasteiger partial charge is 0.312 e. The second-order valence-corrected chi connectivity index (χ2v) is 4.38. The zero-order valence-electron chi connectivity index (χ0n) is 10.5. The van der Waals surface area contributed by atoms with Crippen LogP contribution in [0.4, 0.5) is 0 Å². The summed E-state index contributed by atoms with van der Waals surface area (Å²) in [6, 6.07) is 8.49. The zero-order chi connectivity index (χ0) is 12.1. The molecular weight excluding hydrogens is 210 g/mol. The van der Waals surface area contributed by atoms with Crippen LogP contribution in [0.15, 0.2) is 36.7 Å². The number of aromatic nitrogens is 2. The topological polar surface area (TPSA) is 29.9 Å². The van der Waals surface area contributed by atoms with Crippen LogP contribution in [0.3, 0.4) is 0 Å². The molecule has 1 N–H and O–H groups in total. The van der Waals surface area contributed by atoms with Crippen molar-refractivity contribution >= 4 is 0 Å². The second kappa shape index (κ2) is 5.64. The zero-order valence-corrected chi connectivity index (χ0v) is 10.5. The van der Waals surface area contributed by atoms with Gasteiger partial charge in [0.1, 0.15) is 0 Å². The SMILES string of the molecule is Cc1ccccc1CNCCc1cnn(C)c1. The van der Waals surface area contributed by atoms with Gasteiger partial charge >= 0.3 is 0 Å². The van der Waals surface area contributed by atoms with Crippen LogP contribution in [0.5, 0.6) is 0 Å². The first-order valence-electron chi connectivity index (χ1n) is 5.98. The number of hydrogen-bond acceptors (Lipinski definition) is 2. The molecule has 0 fully saturated rings. The van der Waals surface area contributed by atoms with Gasteiger partial charge < -0.3 is 5.32 Å². The lowest BCUT2D eigenvalue weighted by atomic mass is 10.1. The van der Waals surface area contributed by atoms with Crippen LogP contribution in [0, 0.1) is 6.92 Å². The summed E-state index contributed by atoms with van der Waals surface area (Å²) in [6.07, 6.45) is 5.02. The van der Waals surface area contributed by atoms with Crippen molar-refractivity contribution < 1.29 is 0 Å². The lowest BCUT2D eigenvalue weighted by Gasteiger charge is -2.06. The Morgan fingerprint density at radius 2 is 2.12 bits per heavy atom. The number of benzene rings is 1. The monoisotopic (exact) mass is 229 g/mol. The molecule has 0 saturated carbocycles. The Morgan fingerprint density at radius 1 is 1.29 bits per heavy atom. The molecule has 0 atom stereocenters. The van der Waals surface area contributed by atoms with Crippen molar-refractivity contribution in [3.8, 4) is 0 Å². The predicted octanol–water partition coefficient (Wildman–Crippen LogP) is 2.06. The molecular formula is C14H19N3. The van der Waals surface area contributed by atoms with E-state index in [9.17, 15) is 0 Å². The number of hydrogen-bond donors (Lipinski definition) is 1. The van der Waals surface area contributed by atoms with Gasteiger partial charge in [-0.05, 0) is 36.6 Å². The van der Waals surface area contributed by atoms with Gasteiger partial charge in [-0.3, -0.25) is 4.68 Å². The van der Waals surface area contributed by atoms with Gasteiger partial charge in [-0.1, -0.05) is 24.3 Å². The van der Waals surface area contributed by atoms with Gasteiger partial charge in [-0.15, -0.1) is 0 Å². The summed E-state index contributed by atoms with van der Waals surface area (Å²) in [5.41, 5.74) is 4.00. The lowest BCUT2D eigenvalue weighted by Crippen LogP contribution is -2.17. The van der Waals surface area contributed by atoms with Crippen molar-refractivity contribution in [1.29, 1.82) is 0 Å². The minimum absolute atomic E-state index is 0.937. The van der Waals surface area contributed by atoms with E-state index in [-0.39, 0.29) is 0 Å². The quantitative estimate of drug-likeness (QED) is 0.795. The Hall–Kier alpha value is -1.61. The smallest absolute Gasteiger partial charge is 0.0522 e. The van der Waals surface area contributed by atoms with E-state index in [0.29, 0.717) is 0 Å². The molecule has 0 bridgehead atoms. The molecule has 90 valence electrons. The molecule has 0 aliphatic rings. The van der Waals surface area contributed by atoms with Crippen molar-refractivity contribution in [2.75, 3.05) is 6.54 Å². The number of nitrogens with zero attached hydrogens (tertiary/aromatic N) is 2. The van der Waals surface area contributed by atoms with Crippen molar-refractivity contribution in [2.45, 2.75) is 19.9 Å². The third-order valence-electron chi connectivity index (χ3n) is 2.93. The molecule has 1 aromatic carbocycles. The minimum Gasteiger partial charge on any atom is -0.312 e. The summed E-state index contributed by atoms with van der Waals surface area (Å²) in [4.78, 5) is 0. The maximum absolute atomic E-state index is 4.16. The molecule has 0 unspecified atom stereocenters. The third-order valence-corrected chi connectivity index (χ3v) is 2.93. The highest BCUT2D eigenvalue weighted by Crippen LogP contribution is 2.06. The number of aryl methyl sites for hydroxylation is 2. The lowest BCUT2D eigenvalue weighted by molar-refractivity contribution is 0.684. The summed E-state index contributed by atoms with van der Waals surface area (Å²) in [5, 5.41) is 7.62. The van der Waals surface area contributed by atoms with E-state index in [1.165, 1.54) is 16.7 Å². The molecule has 2 rings (SSSR count). The highest BCUT2D eigenvalue weighted by atomic mass is 15.2. The fraction of sp³-hybridized carbons (Fsp3) is 0.357. The first-order chi connectivity index (χ1) is 8.25. The molecule has 0 aliphatic heterocycles. The first kappa shape index (κ1) is 11.9. The van der Waals surface area contributed by atoms with Crippen LogP contribution in [0.25, 0.3) is 0 Å². The normalized spacial score (nSPS) is 10.7. The third kappa shape index (κ3) is 3.43. The molecule has 3 nitrogen and oxygen atoms in total. The van der Waals surface area contributed by atoms with E-state index in [1.54, 1.807) is 0 Å². The molecule has 2 aromatic rings. The Kier molecular flexibility index (Phi) is 3.94. The average Bonchev–Trinajstić information content (AvgIpc) is 2.73. The first-order valence-corrected chi connectivity index (χ1v) is 5.98. The Bertz CT molecular complexity index is 474. The Labute approximate surface area is 102 Å². The Morgan fingerprint density at radius 3 is 2.82 bits per heavy atom. The van der Waals surface area contributed by atoms with E-state index in [1.807, 2.05) is 17.9 Å². The minimum atomic E-state index is 0.937. The molecule has 0 spiro atoms. The molecule has 0 saturated heterocycles. The summed E-state index contributed by atoms with van der Waals surface area (Å²) < 4.78 is 1.84. The summed E-state index contributed by atoms with van der Waals surface area (Å²) in [5.74, 6) is 0. The van der Waals surface area contributed by atoms with Gasteiger partial charge in [0.05, 0.1) is 6.20 Å². The van der Waals surface area contributed by atoms with E-state index >= 15 is 0 Å². The highest BCUT2D eigenvalue weighted by molar-refractivity contribution is 5.25. The van der Waals surface area contributed by atoms with E-state index < -0.39 is 0 Å². The van der Waals surface area contributed by atoms with E-state index in [0.717, 1.165) is 19.5 Å². The maximum Gasteiger partial charge on any atom is 0.0522 e. The van der Waals surface area contributed by atoms with Gasteiger partial charge in [0.25, 0.3) is 0 Å². The van der Waals surface area contributed by atoms with Crippen molar-refractivity contribution in [3.05, 3.63) is 53.3 Å². The number of nitrogens with one attached hydrogen (secondary N) is 1. The summed E-state index contributed by atoms with van der Waals surface area (Å²) in [7, 11) is 1.95. The van der Waals surface area contributed by atoms with Gasteiger partial charge in [-0.2, -0.15) is 5.10 Å². The maximum atomic E-state index is 4.16. The standard InChI is InChI=1S/C14H19N3/c1-12-5-3-4-6-14(12)10-15-8-7-13-9-16-17(2)11-13/h3-6,9,11,15H,7-8,10H2,1-2H3. The van der Waals surface area contributed by atoms with E-state index in [2.05, 4.69) is 47.8 Å². The van der Waals surface area contributed by atoms with Crippen LogP contribution >= 0.6 is 0 Å². The molecule has 0 aliphatic carbocycles. The van der Waals surface area contributed by atoms with Crippen LogP contribution in [-0.4, -0.2) is 16.3 Å². The second-order valence-electron chi connectivity index (χ2n) is 4.38. The molecule has 0 radical (unpaired) electrons. The molecule has 1 aromatic heterocycles. The van der Waals surface area contributed by atoms with Crippen LogP contribution in [-0.2, 0) is 20.0 Å². The van der Waals surface area contributed by atoms with Crippen molar-refractivity contribution in [3.63, 3.8) is 0 Å². The average molecular weight is 229 g/mol. The molecule has 0 amide bonds. The molecule has 17 heavy (non-hydrogen) atoms. The highest BCUT2D eigenvalue weighted by Gasteiger charge is 1.98. The fourth-order valence-electron chi connectivity index (χ4n) is 1.87. The van der Waals surface area contributed by atoms with Crippen LogP contribution < -0.4 is 5.32 Å². The van der Waals surface area contributed by atoms with Gasteiger partial charge in [0, 0.05) is 19.8 Å². The number of rotatable bonds is 5. The van der Waals surface area contributed by atoms with Crippen molar-refractivity contribution in [1.82, 2.24) is 15.1 Å². The van der Waals surface area contributed by atoms with Crippen LogP contribution in [0.2, 0.25) is 0 Å². The summed E-state index contributed by atoms with van der Waals surface area (Å²) >= 11 is 0. The summed E-state index contributed by atoms with van der Waals surface area (Å²) in [6.45, 7) is 4.07. The van der Waals surface area contributed by atoms with Gasteiger partial charge in [-0.25, -0.2) is 0 Å². The molecule has 3 heteroatoms. The van der Waals surface area contributed by atoms with Gasteiger partial charge in [0.2, 0.25) is 0 Å². The van der Waals surface area contributed by atoms with Crippen LogP contribution in [0.1, 0.15) is 16.7 Å². The fourth-order valence-corrected chi connectivity index (χ4v) is 1.87. The van der Waals surface area contributed by atoms with Crippen molar-refractivity contribution in [2.24, 2.45) is 7.05 Å². The van der Waals surface area contributed by atoms with E-state index in [4.69, 9.17) is 0 Å². The van der Waals surface area contributed by atoms with Gasteiger partial charge in [0.15, 0.2) is 0 Å². The predicted molar refractivity (Wildman–Crippen MR) is 69.8 cm³/mol.